The van der Waals surface area contributed by atoms with Crippen molar-refractivity contribution in [3.63, 3.8) is 0 Å². The fraction of sp³-hybridized carbons (Fsp3) is 0.438. The molecule has 1 aromatic carbocycles. The second kappa shape index (κ2) is 6.00. The van der Waals surface area contributed by atoms with Gasteiger partial charge in [0.05, 0.1) is 29.8 Å². The summed E-state index contributed by atoms with van der Waals surface area (Å²) in [6, 6.07) is 3.40. The van der Waals surface area contributed by atoms with Crippen LogP contribution in [0.15, 0.2) is 18.3 Å². The van der Waals surface area contributed by atoms with Gasteiger partial charge in [0.25, 0.3) is 5.91 Å². The average molecular weight is 317 g/mol. The number of aliphatic carboxylic acids is 1. The first kappa shape index (κ1) is 15.5. The Bertz CT molecular complexity index is 755. The average Bonchev–Trinajstić information content (AvgIpc) is 3.11. The van der Waals surface area contributed by atoms with Gasteiger partial charge in [-0.15, -0.1) is 0 Å². The first-order valence-electron chi connectivity index (χ1n) is 7.49. The number of fused-ring (bicyclic) bond motifs is 1. The highest BCUT2D eigenvalue weighted by Crippen LogP contribution is 2.27. The van der Waals surface area contributed by atoms with Crippen LogP contribution in [0.5, 0.6) is 0 Å². The summed E-state index contributed by atoms with van der Waals surface area (Å²) in [5.74, 6) is -1.10. The number of aromatic amines is 1. The quantitative estimate of drug-likeness (QED) is 0.892. The Hall–Kier alpha value is -2.41. The van der Waals surface area contributed by atoms with E-state index in [9.17, 15) is 9.59 Å². The lowest BCUT2D eigenvalue weighted by molar-refractivity contribution is -0.137. The van der Waals surface area contributed by atoms with Crippen molar-refractivity contribution >= 4 is 22.8 Å². The topological polar surface area (TPSA) is 95.5 Å². The van der Waals surface area contributed by atoms with Crippen LogP contribution in [0.4, 0.5) is 0 Å². The van der Waals surface area contributed by atoms with E-state index in [4.69, 9.17) is 9.84 Å². The highest BCUT2D eigenvalue weighted by molar-refractivity contribution is 6.06. The van der Waals surface area contributed by atoms with Crippen LogP contribution in [0.1, 0.15) is 28.8 Å². The molecular formula is C16H19N3O4. The molecule has 7 nitrogen and oxygen atoms in total. The van der Waals surface area contributed by atoms with E-state index in [1.165, 1.54) is 0 Å². The van der Waals surface area contributed by atoms with E-state index in [-0.39, 0.29) is 24.5 Å². The van der Waals surface area contributed by atoms with Gasteiger partial charge >= 0.3 is 5.97 Å². The number of amides is 1. The summed E-state index contributed by atoms with van der Waals surface area (Å²) in [6.45, 7) is 2.32. The van der Waals surface area contributed by atoms with Crippen LogP contribution in [0, 0.1) is 6.92 Å². The number of nitrogens with zero attached hydrogens (tertiary/aromatic N) is 2. The van der Waals surface area contributed by atoms with Crippen molar-refractivity contribution in [2.75, 3.05) is 13.7 Å². The zero-order valence-corrected chi connectivity index (χ0v) is 13.1. The van der Waals surface area contributed by atoms with Crippen molar-refractivity contribution in [1.29, 1.82) is 0 Å². The van der Waals surface area contributed by atoms with E-state index in [0.717, 1.165) is 10.9 Å². The number of nitrogens with one attached hydrogen (secondary N) is 1. The SMILES string of the molecule is COC1CC(CC(=O)O)N(C(=O)c2cc(C)cc3cn[nH]c23)C1. The lowest BCUT2D eigenvalue weighted by atomic mass is 10.1. The fourth-order valence-corrected chi connectivity index (χ4v) is 3.22. The number of carboxylic acids is 1. The van der Waals surface area contributed by atoms with Crippen LogP contribution in [0.25, 0.3) is 10.9 Å². The summed E-state index contributed by atoms with van der Waals surface area (Å²) in [5.41, 5.74) is 2.15. The summed E-state index contributed by atoms with van der Waals surface area (Å²) in [6.07, 6.45) is 2.00. The predicted octanol–water partition coefficient (Wildman–Crippen LogP) is 1.58. The Morgan fingerprint density at radius 1 is 1.48 bits per heavy atom. The van der Waals surface area contributed by atoms with E-state index in [2.05, 4.69) is 10.2 Å². The minimum Gasteiger partial charge on any atom is -0.481 e. The van der Waals surface area contributed by atoms with E-state index in [1.54, 1.807) is 24.3 Å². The fourth-order valence-electron chi connectivity index (χ4n) is 3.22. The van der Waals surface area contributed by atoms with Gasteiger partial charge in [0.15, 0.2) is 0 Å². The molecule has 2 heterocycles. The number of H-pyrrole nitrogens is 1. The third kappa shape index (κ3) is 2.92. The third-order valence-electron chi connectivity index (χ3n) is 4.30. The number of benzene rings is 1. The maximum atomic E-state index is 13.0. The van der Waals surface area contributed by atoms with Gasteiger partial charge < -0.3 is 14.7 Å². The van der Waals surface area contributed by atoms with Crippen molar-refractivity contribution in [3.8, 4) is 0 Å². The highest BCUT2D eigenvalue weighted by atomic mass is 16.5. The number of methoxy groups -OCH3 is 1. The standard InChI is InChI=1S/C16H19N3O4/c1-9-3-10-7-17-18-15(10)13(4-9)16(22)19-8-12(23-2)5-11(19)6-14(20)21/h3-4,7,11-12H,5-6,8H2,1-2H3,(H,17,18)(H,20,21). The van der Waals surface area contributed by atoms with Gasteiger partial charge in [0.2, 0.25) is 0 Å². The summed E-state index contributed by atoms with van der Waals surface area (Å²) in [5, 5.41) is 16.8. The third-order valence-corrected chi connectivity index (χ3v) is 4.30. The molecule has 0 bridgehead atoms. The number of carboxylic acid groups (broad SMARTS) is 1. The van der Waals surface area contributed by atoms with E-state index in [1.807, 2.05) is 13.0 Å². The van der Waals surface area contributed by atoms with Crippen molar-refractivity contribution in [3.05, 3.63) is 29.5 Å². The van der Waals surface area contributed by atoms with Gasteiger partial charge in [-0.2, -0.15) is 5.10 Å². The molecule has 1 saturated heterocycles. The Morgan fingerprint density at radius 2 is 2.26 bits per heavy atom. The molecule has 0 spiro atoms. The van der Waals surface area contributed by atoms with Crippen LogP contribution in [-0.4, -0.2) is 57.9 Å². The number of aryl methyl sites for hydroxylation is 1. The van der Waals surface area contributed by atoms with Gasteiger partial charge in [-0.25, -0.2) is 0 Å². The normalized spacial score (nSPS) is 21.0. The Balaban J connectivity index is 1.96. The summed E-state index contributed by atoms with van der Waals surface area (Å²) < 4.78 is 5.33. The summed E-state index contributed by atoms with van der Waals surface area (Å²) >= 11 is 0. The highest BCUT2D eigenvalue weighted by Gasteiger charge is 2.37. The lowest BCUT2D eigenvalue weighted by Crippen LogP contribution is -2.37. The molecule has 2 atom stereocenters. The summed E-state index contributed by atoms with van der Waals surface area (Å²) in [7, 11) is 1.58. The van der Waals surface area contributed by atoms with Gasteiger partial charge in [0.1, 0.15) is 0 Å². The number of hydrogen-bond donors (Lipinski definition) is 2. The number of aromatic nitrogens is 2. The Kier molecular flexibility index (Phi) is 4.04. The molecule has 1 aliphatic heterocycles. The molecule has 0 radical (unpaired) electrons. The Labute approximate surface area is 133 Å². The van der Waals surface area contributed by atoms with Gasteiger partial charge in [-0.1, -0.05) is 0 Å². The van der Waals surface area contributed by atoms with E-state index >= 15 is 0 Å². The summed E-state index contributed by atoms with van der Waals surface area (Å²) in [4.78, 5) is 25.7. The second-order valence-electron chi connectivity index (χ2n) is 5.95. The molecular weight excluding hydrogens is 298 g/mol. The molecule has 7 heteroatoms. The Morgan fingerprint density at radius 3 is 2.96 bits per heavy atom. The number of likely N-dealkylation sites (tertiary alicyclic amines) is 1. The van der Waals surface area contributed by atoms with Crippen molar-refractivity contribution in [1.82, 2.24) is 15.1 Å². The minimum absolute atomic E-state index is 0.0798. The molecule has 2 aromatic rings. The molecule has 0 saturated carbocycles. The number of carbonyl (C=O) groups excluding carboxylic acids is 1. The number of hydrogen-bond acceptors (Lipinski definition) is 4. The lowest BCUT2D eigenvalue weighted by Gasteiger charge is -2.23. The number of rotatable bonds is 4. The molecule has 23 heavy (non-hydrogen) atoms. The number of carbonyl (C=O) groups is 2. The van der Waals surface area contributed by atoms with Crippen LogP contribution >= 0.6 is 0 Å². The van der Waals surface area contributed by atoms with Crippen molar-refractivity contribution < 1.29 is 19.4 Å². The zero-order chi connectivity index (χ0) is 16.6. The van der Waals surface area contributed by atoms with Gasteiger partial charge in [0, 0.05) is 25.1 Å². The molecule has 1 fully saturated rings. The molecule has 2 N–H and O–H groups in total. The maximum Gasteiger partial charge on any atom is 0.305 e. The van der Waals surface area contributed by atoms with Crippen LogP contribution in [0.3, 0.4) is 0 Å². The molecule has 0 aliphatic carbocycles. The van der Waals surface area contributed by atoms with Gasteiger partial charge in [-0.3, -0.25) is 14.7 Å². The van der Waals surface area contributed by atoms with Crippen molar-refractivity contribution in [2.24, 2.45) is 0 Å². The second-order valence-corrected chi connectivity index (χ2v) is 5.95. The first-order valence-corrected chi connectivity index (χ1v) is 7.49. The van der Waals surface area contributed by atoms with Crippen molar-refractivity contribution in [2.45, 2.75) is 31.9 Å². The molecule has 2 unspecified atom stereocenters. The first-order chi connectivity index (χ1) is 11.0. The zero-order valence-electron chi connectivity index (χ0n) is 13.1. The molecule has 1 aromatic heterocycles. The smallest absolute Gasteiger partial charge is 0.305 e. The predicted molar refractivity (Wildman–Crippen MR) is 83.3 cm³/mol. The minimum atomic E-state index is -0.916. The monoisotopic (exact) mass is 317 g/mol. The van der Waals surface area contributed by atoms with Crippen LogP contribution in [-0.2, 0) is 9.53 Å². The molecule has 122 valence electrons. The van der Waals surface area contributed by atoms with Crippen LogP contribution in [0.2, 0.25) is 0 Å². The van der Waals surface area contributed by atoms with Crippen LogP contribution < -0.4 is 0 Å². The van der Waals surface area contributed by atoms with E-state index in [0.29, 0.717) is 24.0 Å². The van der Waals surface area contributed by atoms with Gasteiger partial charge in [-0.05, 0) is 31.0 Å². The molecule has 1 aliphatic rings. The number of ether oxygens (including phenoxy) is 1. The maximum absolute atomic E-state index is 13.0. The largest absolute Gasteiger partial charge is 0.481 e. The molecule has 3 rings (SSSR count). The molecule has 1 amide bonds. The van der Waals surface area contributed by atoms with E-state index < -0.39 is 5.97 Å².